The third-order valence-electron chi connectivity index (χ3n) is 1.61. The van der Waals surface area contributed by atoms with Crippen LogP contribution < -0.4 is 0 Å². The molecule has 77 valence electrons. The van der Waals surface area contributed by atoms with E-state index in [-0.39, 0.29) is 12.8 Å². The lowest BCUT2D eigenvalue weighted by molar-refractivity contribution is -0.307. The van der Waals surface area contributed by atoms with Crippen LogP contribution in [0.3, 0.4) is 0 Å². The molecule has 1 aliphatic rings. The standard InChI is InChI=1S/C6H6F5O2/c7-5(8,9)3-13-6(10,11)4(12)1-2-4/h3,12H,1-2H2. The van der Waals surface area contributed by atoms with Gasteiger partial charge in [-0.15, -0.1) is 0 Å². The van der Waals surface area contributed by atoms with E-state index in [0.29, 0.717) is 0 Å². The normalized spacial score (nSPS) is 21.7. The Hall–Kier alpha value is -0.430. The first-order chi connectivity index (χ1) is 5.66. The fourth-order valence-electron chi connectivity index (χ4n) is 0.660. The van der Waals surface area contributed by atoms with Crippen molar-refractivity contribution >= 4 is 0 Å². The zero-order valence-corrected chi connectivity index (χ0v) is 6.24. The molecule has 0 unspecified atom stereocenters. The van der Waals surface area contributed by atoms with Gasteiger partial charge in [-0.25, -0.2) is 0 Å². The first-order valence-electron chi connectivity index (χ1n) is 3.35. The number of aliphatic hydroxyl groups is 1. The van der Waals surface area contributed by atoms with Crippen LogP contribution in [-0.2, 0) is 4.74 Å². The van der Waals surface area contributed by atoms with Crippen LogP contribution in [0.4, 0.5) is 22.0 Å². The molecule has 1 aliphatic carbocycles. The number of rotatable bonds is 3. The van der Waals surface area contributed by atoms with Crippen LogP contribution in [0, 0.1) is 6.61 Å². The van der Waals surface area contributed by atoms with Crippen molar-refractivity contribution in [1.82, 2.24) is 0 Å². The Balaban J connectivity index is 2.44. The number of hydrogen-bond donors (Lipinski definition) is 1. The average molecular weight is 205 g/mol. The smallest absolute Gasteiger partial charge is 0.381 e. The van der Waals surface area contributed by atoms with Gasteiger partial charge < -0.3 is 9.84 Å². The van der Waals surface area contributed by atoms with Gasteiger partial charge in [0, 0.05) is 0 Å². The van der Waals surface area contributed by atoms with Crippen LogP contribution in [0.2, 0.25) is 0 Å². The molecule has 0 aromatic rings. The molecule has 0 atom stereocenters. The zero-order valence-electron chi connectivity index (χ0n) is 6.24. The average Bonchev–Trinajstić information content (AvgIpc) is 2.64. The van der Waals surface area contributed by atoms with Crippen LogP contribution in [0.1, 0.15) is 12.8 Å². The van der Waals surface area contributed by atoms with E-state index in [0.717, 1.165) is 0 Å². The monoisotopic (exact) mass is 205 g/mol. The second-order valence-corrected chi connectivity index (χ2v) is 2.83. The first-order valence-corrected chi connectivity index (χ1v) is 3.35. The topological polar surface area (TPSA) is 29.5 Å². The lowest BCUT2D eigenvalue weighted by Crippen LogP contribution is -2.39. The minimum atomic E-state index is -4.94. The Kier molecular flexibility index (Phi) is 2.28. The zero-order chi connectivity index (χ0) is 10.3. The van der Waals surface area contributed by atoms with Gasteiger partial charge in [0.25, 0.3) is 0 Å². The molecule has 1 N–H and O–H groups in total. The van der Waals surface area contributed by atoms with E-state index in [1.807, 2.05) is 0 Å². The van der Waals surface area contributed by atoms with Crippen molar-refractivity contribution < 1.29 is 31.8 Å². The summed E-state index contributed by atoms with van der Waals surface area (Å²) in [6.45, 7) is -0.927. The quantitative estimate of drug-likeness (QED) is 0.712. The number of alkyl halides is 5. The molecule has 0 saturated heterocycles. The molecule has 0 bridgehead atoms. The maximum atomic E-state index is 12.5. The summed E-state index contributed by atoms with van der Waals surface area (Å²) in [5.41, 5.74) is -2.42. The maximum absolute atomic E-state index is 12.5. The molecular weight excluding hydrogens is 199 g/mol. The SMILES string of the molecule is OC1(C(F)(F)O[CH]C(F)(F)F)CC1. The number of hydrogen-bond acceptors (Lipinski definition) is 2. The van der Waals surface area contributed by atoms with E-state index >= 15 is 0 Å². The molecule has 13 heavy (non-hydrogen) atoms. The van der Waals surface area contributed by atoms with E-state index in [1.165, 1.54) is 0 Å². The van der Waals surface area contributed by atoms with Gasteiger partial charge in [0.1, 0.15) is 0 Å². The molecule has 2 nitrogen and oxygen atoms in total. The minimum Gasteiger partial charge on any atom is -0.381 e. The minimum absolute atomic E-state index is 0.258. The molecule has 1 rings (SSSR count). The van der Waals surface area contributed by atoms with E-state index in [9.17, 15) is 22.0 Å². The van der Waals surface area contributed by atoms with Crippen LogP contribution in [0.25, 0.3) is 0 Å². The molecule has 0 spiro atoms. The van der Waals surface area contributed by atoms with Crippen LogP contribution in [-0.4, -0.2) is 23.0 Å². The van der Waals surface area contributed by atoms with Gasteiger partial charge >= 0.3 is 12.3 Å². The fraction of sp³-hybridized carbons (Fsp3) is 0.833. The van der Waals surface area contributed by atoms with Crippen molar-refractivity contribution in [1.29, 1.82) is 0 Å². The highest BCUT2D eigenvalue weighted by Crippen LogP contribution is 2.49. The van der Waals surface area contributed by atoms with E-state index in [4.69, 9.17) is 5.11 Å². The highest BCUT2D eigenvalue weighted by Gasteiger charge is 2.63. The third-order valence-corrected chi connectivity index (χ3v) is 1.61. The summed E-state index contributed by atoms with van der Waals surface area (Å²) in [5.74, 6) is 0. The van der Waals surface area contributed by atoms with Crippen molar-refractivity contribution in [3.63, 3.8) is 0 Å². The summed E-state index contributed by atoms with van der Waals surface area (Å²) in [6, 6.07) is 0. The van der Waals surface area contributed by atoms with Crippen LogP contribution in [0.5, 0.6) is 0 Å². The van der Waals surface area contributed by atoms with E-state index in [1.54, 1.807) is 0 Å². The molecule has 0 aromatic heterocycles. The predicted octanol–water partition coefficient (Wildman–Crippen LogP) is 1.84. The summed E-state index contributed by atoms with van der Waals surface area (Å²) in [5, 5.41) is 8.79. The third kappa shape index (κ3) is 2.50. The van der Waals surface area contributed by atoms with Gasteiger partial charge in [0.15, 0.2) is 12.2 Å². The van der Waals surface area contributed by atoms with Crippen molar-refractivity contribution in [3.05, 3.63) is 6.61 Å². The summed E-state index contributed by atoms with van der Waals surface area (Å²) in [4.78, 5) is 0. The van der Waals surface area contributed by atoms with Crippen molar-refractivity contribution in [3.8, 4) is 0 Å². The number of halogens is 5. The predicted molar refractivity (Wildman–Crippen MR) is 30.6 cm³/mol. The van der Waals surface area contributed by atoms with Gasteiger partial charge in [0.2, 0.25) is 0 Å². The summed E-state index contributed by atoms with van der Waals surface area (Å²) in [7, 11) is 0. The lowest BCUT2D eigenvalue weighted by Gasteiger charge is -2.21. The lowest BCUT2D eigenvalue weighted by atomic mass is 10.3. The summed E-state index contributed by atoms with van der Waals surface area (Å²) in [6.07, 6.45) is -9.62. The van der Waals surface area contributed by atoms with Crippen molar-refractivity contribution in [2.45, 2.75) is 30.7 Å². The number of ether oxygens (including phenoxy) is 1. The Labute approximate surface area is 70.3 Å². The molecule has 1 radical (unpaired) electrons. The van der Waals surface area contributed by atoms with Crippen molar-refractivity contribution in [2.24, 2.45) is 0 Å². The first kappa shape index (κ1) is 10.6. The molecule has 1 fully saturated rings. The Morgan fingerprint density at radius 2 is 1.62 bits per heavy atom. The van der Waals surface area contributed by atoms with Gasteiger partial charge in [-0.05, 0) is 12.8 Å². The molecule has 0 aromatic carbocycles. The largest absolute Gasteiger partial charge is 0.417 e. The van der Waals surface area contributed by atoms with Gasteiger partial charge in [0.05, 0.1) is 0 Å². The van der Waals surface area contributed by atoms with E-state index in [2.05, 4.69) is 4.74 Å². The van der Waals surface area contributed by atoms with Crippen LogP contribution in [0.15, 0.2) is 0 Å². The summed E-state index contributed by atoms with van der Waals surface area (Å²) < 4.78 is 62.4. The Morgan fingerprint density at radius 3 is 1.92 bits per heavy atom. The molecule has 7 heteroatoms. The van der Waals surface area contributed by atoms with Gasteiger partial charge in [-0.1, -0.05) is 0 Å². The highest BCUT2D eigenvalue weighted by molar-refractivity contribution is 5.01. The van der Waals surface area contributed by atoms with Crippen LogP contribution >= 0.6 is 0 Å². The van der Waals surface area contributed by atoms with Crippen molar-refractivity contribution in [2.75, 3.05) is 0 Å². The fourth-order valence-corrected chi connectivity index (χ4v) is 0.660. The van der Waals surface area contributed by atoms with E-state index < -0.39 is 24.5 Å². The Morgan fingerprint density at radius 1 is 1.15 bits per heavy atom. The summed E-state index contributed by atoms with van der Waals surface area (Å²) >= 11 is 0. The molecule has 0 aliphatic heterocycles. The van der Waals surface area contributed by atoms with Gasteiger partial charge in [-0.3, -0.25) is 0 Å². The van der Waals surface area contributed by atoms with Gasteiger partial charge in [-0.2, -0.15) is 22.0 Å². The second kappa shape index (κ2) is 2.78. The molecular formula is C6H6F5O2. The molecule has 0 heterocycles. The highest BCUT2D eigenvalue weighted by atomic mass is 19.4. The molecule has 1 saturated carbocycles. The maximum Gasteiger partial charge on any atom is 0.417 e. The Bertz CT molecular complexity index is 196. The second-order valence-electron chi connectivity index (χ2n) is 2.83. The molecule has 0 amide bonds.